The van der Waals surface area contributed by atoms with Crippen LogP contribution in [-0.4, -0.2) is 44.8 Å². The van der Waals surface area contributed by atoms with Gasteiger partial charge in [-0.2, -0.15) is 10.2 Å². The van der Waals surface area contributed by atoms with Crippen LogP contribution in [0.1, 0.15) is 0 Å². The molecule has 8 aromatic rings. The summed E-state index contributed by atoms with van der Waals surface area (Å²) in [7, 11) is 0. The fourth-order valence-corrected chi connectivity index (χ4v) is 6.19. The lowest BCUT2D eigenvalue weighted by molar-refractivity contribution is 0.399. The largest absolute Gasteiger partial charge is 0.508 e. The molecule has 0 atom stereocenters. The zero-order valence-electron chi connectivity index (χ0n) is 25.2. The van der Waals surface area contributed by atoms with E-state index in [1.807, 2.05) is 0 Å². The van der Waals surface area contributed by atoms with Crippen molar-refractivity contribution in [3.05, 3.63) is 125 Å². The van der Waals surface area contributed by atoms with Crippen LogP contribution in [0.2, 0.25) is 10.0 Å². The van der Waals surface area contributed by atoms with Crippen molar-refractivity contribution in [3.63, 3.8) is 0 Å². The predicted octanol–water partition coefficient (Wildman–Crippen LogP) is 9.00. The minimum Gasteiger partial charge on any atom is -0.508 e. The molecule has 0 saturated heterocycles. The summed E-state index contributed by atoms with van der Waals surface area (Å²) in [5.74, 6) is -5.24. The molecule has 0 spiro atoms. The van der Waals surface area contributed by atoms with Gasteiger partial charge in [0.15, 0.2) is 34.8 Å². The highest BCUT2D eigenvalue weighted by Crippen LogP contribution is 2.40. The molecule has 0 aliphatic heterocycles. The molecule has 0 fully saturated rings. The van der Waals surface area contributed by atoms with E-state index in [1.165, 1.54) is 35.4 Å². The molecule has 246 valence electrons. The normalized spacial score (nSPS) is 11.5. The Labute approximate surface area is 289 Å². The van der Waals surface area contributed by atoms with Gasteiger partial charge < -0.3 is 15.3 Å². The molecule has 3 N–H and O–H groups in total. The van der Waals surface area contributed by atoms with Crippen molar-refractivity contribution in [2.75, 3.05) is 0 Å². The molecular formula is C36H19Cl2F3N6O3. The van der Waals surface area contributed by atoms with Crippen molar-refractivity contribution >= 4 is 45.0 Å². The maximum Gasteiger partial charge on any atom is 0.194 e. The predicted molar refractivity (Wildman–Crippen MR) is 182 cm³/mol. The summed E-state index contributed by atoms with van der Waals surface area (Å²) in [6.07, 6.45) is 4.25. The Kier molecular flexibility index (Phi) is 7.35. The summed E-state index contributed by atoms with van der Waals surface area (Å²) < 4.78 is 46.9. The van der Waals surface area contributed by atoms with E-state index in [-0.39, 0.29) is 33.2 Å². The number of fused-ring (bicyclic) bond motifs is 2. The van der Waals surface area contributed by atoms with Gasteiger partial charge in [0.25, 0.3) is 0 Å². The Morgan fingerprint density at radius 2 is 1.32 bits per heavy atom. The molecule has 0 radical (unpaired) electrons. The van der Waals surface area contributed by atoms with Crippen LogP contribution < -0.4 is 0 Å². The van der Waals surface area contributed by atoms with Crippen molar-refractivity contribution < 1.29 is 28.5 Å². The first-order valence-electron chi connectivity index (χ1n) is 14.8. The van der Waals surface area contributed by atoms with E-state index in [9.17, 15) is 24.1 Å². The minimum atomic E-state index is -1.25. The summed E-state index contributed by atoms with van der Waals surface area (Å²) >= 11 is 12.2. The third kappa shape index (κ3) is 5.13. The van der Waals surface area contributed by atoms with Gasteiger partial charge in [0.05, 0.1) is 35.5 Å². The molecule has 0 saturated carbocycles. The quantitative estimate of drug-likeness (QED) is 0.163. The Morgan fingerprint density at radius 1 is 0.620 bits per heavy atom. The van der Waals surface area contributed by atoms with Crippen LogP contribution in [0.4, 0.5) is 13.2 Å². The zero-order chi connectivity index (χ0) is 34.8. The van der Waals surface area contributed by atoms with E-state index < -0.39 is 29.0 Å². The van der Waals surface area contributed by atoms with Crippen molar-refractivity contribution in [2.45, 2.75) is 0 Å². The number of hydrogen-bond acceptors (Lipinski definition) is 7. The van der Waals surface area contributed by atoms with Crippen LogP contribution in [0.25, 0.3) is 67.0 Å². The monoisotopic (exact) mass is 710 g/mol. The number of halogens is 5. The standard InChI is InChI=1S/C36H19Cl2F3N6O3/c37-22-5-1-18(2-6-22)28-15-43-29(16-42-28)47-34-25(13-27(40)36(50)31(34)41)32(45-47)20-9-19(10-24(48)11-20)17-3-7-23(8-4-17)46-33-21(14-44-46)12-26(39)35(49)30(33)38/h1-16,48-50H. The third-order valence-electron chi connectivity index (χ3n) is 8.19. The van der Waals surface area contributed by atoms with Gasteiger partial charge in [-0.15, -0.1) is 0 Å². The van der Waals surface area contributed by atoms with E-state index in [0.717, 1.165) is 22.4 Å². The van der Waals surface area contributed by atoms with Gasteiger partial charge in [-0.25, -0.2) is 27.5 Å². The summed E-state index contributed by atoms with van der Waals surface area (Å²) in [5.41, 5.74) is 3.45. The van der Waals surface area contributed by atoms with Crippen LogP contribution in [0.15, 0.2) is 97.5 Å². The van der Waals surface area contributed by atoms with E-state index in [1.54, 1.807) is 54.6 Å². The lowest BCUT2D eigenvalue weighted by atomic mass is 9.99. The Morgan fingerprint density at radius 3 is 2.04 bits per heavy atom. The van der Waals surface area contributed by atoms with Crippen molar-refractivity contribution in [1.29, 1.82) is 0 Å². The average molecular weight is 711 g/mol. The van der Waals surface area contributed by atoms with Gasteiger partial charge in [-0.05, 0) is 65.7 Å². The second-order valence-corrected chi connectivity index (χ2v) is 12.1. The van der Waals surface area contributed by atoms with E-state index in [2.05, 4.69) is 20.2 Å². The molecule has 0 bridgehead atoms. The summed E-state index contributed by atoms with van der Waals surface area (Å²) in [6.45, 7) is 0. The van der Waals surface area contributed by atoms with Crippen molar-refractivity contribution in [3.8, 4) is 62.4 Å². The molecular weight excluding hydrogens is 692 g/mol. The Hall–Kier alpha value is -6.11. The molecule has 9 nitrogen and oxygen atoms in total. The number of phenols is 3. The number of phenolic OH excluding ortho intramolecular Hbond substituents is 3. The Balaban J connectivity index is 1.21. The number of nitrogens with zero attached hydrogens (tertiary/aromatic N) is 6. The summed E-state index contributed by atoms with van der Waals surface area (Å²) in [4.78, 5) is 8.84. The average Bonchev–Trinajstić information content (AvgIpc) is 3.72. The molecule has 8 rings (SSSR count). The SMILES string of the molecule is Oc1cc(-c2ccc(-n3ncc4cc(F)c(O)c(Cl)c43)cc2)cc(-c2nn(-c3cnc(-c4ccc(Cl)cc4)cn3)c3c(F)c(O)c(F)cc23)c1. The summed E-state index contributed by atoms with van der Waals surface area (Å²) in [5, 5.41) is 40.6. The van der Waals surface area contributed by atoms with Gasteiger partial charge in [0, 0.05) is 26.9 Å². The van der Waals surface area contributed by atoms with Gasteiger partial charge in [-0.1, -0.05) is 47.5 Å². The van der Waals surface area contributed by atoms with Crippen LogP contribution in [0.3, 0.4) is 0 Å². The van der Waals surface area contributed by atoms with Crippen LogP contribution in [0, 0.1) is 17.5 Å². The van der Waals surface area contributed by atoms with Gasteiger partial charge in [-0.3, -0.25) is 4.98 Å². The van der Waals surface area contributed by atoms with Crippen LogP contribution >= 0.6 is 23.2 Å². The van der Waals surface area contributed by atoms with Gasteiger partial charge in [0.1, 0.15) is 22.0 Å². The molecule has 14 heteroatoms. The van der Waals surface area contributed by atoms with Crippen molar-refractivity contribution in [2.24, 2.45) is 0 Å². The first-order chi connectivity index (χ1) is 24.1. The topological polar surface area (TPSA) is 122 Å². The zero-order valence-corrected chi connectivity index (χ0v) is 26.7. The highest BCUT2D eigenvalue weighted by Gasteiger charge is 2.24. The maximum absolute atomic E-state index is 15.5. The van der Waals surface area contributed by atoms with E-state index in [0.29, 0.717) is 44.0 Å². The number of aromatic nitrogens is 6. The van der Waals surface area contributed by atoms with Gasteiger partial charge >= 0.3 is 0 Å². The molecule has 0 aliphatic rings. The fraction of sp³-hybridized carbons (Fsp3) is 0. The molecule has 5 aromatic carbocycles. The van der Waals surface area contributed by atoms with E-state index >= 15 is 4.39 Å². The van der Waals surface area contributed by atoms with Crippen LogP contribution in [-0.2, 0) is 0 Å². The molecule has 0 amide bonds. The number of rotatable bonds is 5. The molecule has 3 aromatic heterocycles. The second kappa shape index (κ2) is 11.8. The summed E-state index contributed by atoms with van der Waals surface area (Å²) in [6, 6.07) is 20.5. The minimum absolute atomic E-state index is 0.00963. The van der Waals surface area contributed by atoms with E-state index in [4.69, 9.17) is 23.2 Å². The lowest BCUT2D eigenvalue weighted by Gasteiger charge is -2.09. The first-order valence-corrected chi connectivity index (χ1v) is 15.5. The fourth-order valence-electron chi connectivity index (χ4n) is 5.78. The molecule has 0 unspecified atom stereocenters. The van der Waals surface area contributed by atoms with Crippen LogP contribution in [0.5, 0.6) is 17.2 Å². The smallest absolute Gasteiger partial charge is 0.194 e. The highest BCUT2D eigenvalue weighted by atomic mass is 35.5. The first kappa shape index (κ1) is 31.2. The lowest BCUT2D eigenvalue weighted by Crippen LogP contribution is -2.02. The molecule has 50 heavy (non-hydrogen) atoms. The number of benzene rings is 5. The molecule has 0 aliphatic carbocycles. The van der Waals surface area contributed by atoms with Crippen molar-refractivity contribution in [1.82, 2.24) is 29.5 Å². The number of hydrogen-bond donors (Lipinski definition) is 3. The molecule has 3 heterocycles. The Bertz CT molecular complexity index is 2630. The second-order valence-electron chi connectivity index (χ2n) is 11.3. The number of aromatic hydroxyl groups is 3. The highest BCUT2D eigenvalue weighted by molar-refractivity contribution is 6.36. The third-order valence-corrected chi connectivity index (χ3v) is 8.80. The van der Waals surface area contributed by atoms with Gasteiger partial charge in [0.2, 0.25) is 0 Å². The maximum atomic E-state index is 15.5.